The number of hydrogen-bond acceptors (Lipinski definition) is 6. The van der Waals surface area contributed by atoms with E-state index in [4.69, 9.17) is 5.11 Å². The Morgan fingerprint density at radius 1 is 1.56 bits per heavy atom. The van der Waals surface area contributed by atoms with Crippen molar-refractivity contribution in [1.29, 1.82) is 0 Å². The van der Waals surface area contributed by atoms with Crippen LogP contribution >= 0.6 is 11.3 Å². The number of cyclic esters (lactones) is 1. The zero-order valence-corrected chi connectivity index (χ0v) is 10.6. The molecule has 1 unspecified atom stereocenters. The first-order valence-corrected chi connectivity index (χ1v) is 7.27. The Hall–Kier alpha value is -1.45. The van der Waals surface area contributed by atoms with Crippen LogP contribution < -0.4 is 4.72 Å². The van der Waals surface area contributed by atoms with Gasteiger partial charge < -0.3 is 9.84 Å². The number of hydrogen-bond donors (Lipinski definition) is 2. The van der Waals surface area contributed by atoms with Crippen molar-refractivity contribution in [1.82, 2.24) is 4.72 Å². The van der Waals surface area contributed by atoms with Gasteiger partial charge in [0.25, 0.3) is 0 Å². The summed E-state index contributed by atoms with van der Waals surface area (Å²) in [6, 6.07) is 0.151. The number of carboxylic acids is 1. The number of carbonyl (C=O) groups is 2. The summed E-state index contributed by atoms with van der Waals surface area (Å²) < 4.78 is 30.5. The van der Waals surface area contributed by atoms with E-state index in [1.54, 1.807) is 0 Å². The fourth-order valence-corrected chi connectivity index (χ4v) is 3.76. The molecule has 2 rings (SSSR count). The van der Waals surface area contributed by atoms with Crippen LogP contribution in [0, 0.1) is 0 Å². The average Bonchev–Trinajstić information content (AvgIpc) is 2.88. The van der Waals surface area contributed by atoms with Crippen LogP contribution in [-0.2, 0) is 19.6 Å². The van der Waals surface area contributed by atoms with E-state index in [2.05, 4.69) is 9.46 Å². The average molecular weight is 291 g/mol. The number of nitrogens with one attached hydrogen (secondary N) is 1. The standard InChI is InChI=1S/C9H9NO6S2/c11-8(12)7-3-5(4-17-7)18(14,15)10-6-1-2-16-9(6)13/h3-4,6,10H,1-2H2,(H,11,12). The zero-order chi connectivity index (χ0) is 13.3. The van der Waals surface area contributed by atoms with Crippen LogP contribution in [0.4, 0.5) is 0 Å². The summed E-state index contributed by atoms with van der Waals surface area (Å²) >= 11 is 0.808. The van der Waals surface area contributed by atoms with Gasteiger partial charge in [-0.05, 0) is 6.07 Å². The monoisotopic (exact) mass is 291 g/mol. The van der Waals surface area contributed by atoms with E-state index >= 15 is 0 Å². The number of ether oxygens (including phenoxy) is 1. The number of carboxylic acid groups (broad SMARTS) is 1. The highest BCUT2D eigenvalue weighted by Crippen LogP contribution is 2.20. The number of aromatic carboxylic acids is 1. The smallest absolute Gasteiger partial charge is 0.345 e. The molecular formula is C9H9NO6S2. The second-order valence-corrected chi connectivity index (χ2v) is 6.21. The molecule has 0 radical (unpaired) electrons. The quantitative estimate of drug-likeness (QED) is 0.758. The van der Waals surface area contributed by atoms with E-state index in [-0.39, 0.29) is 22.8 Å². The molecule has 2 N–H and O–H groups in total. The van der Waals surface area contributed by atoms with E-state index < -0.39 is 28.0 Å². The zero-order valence-electron chi connectivity index (χ0n) is 8.95. The highest BCUT2D eigenvalue weighted by molar-refractivity contribution is 7.89. The van der Waals surface area contributed by atoms with Gasteiger partial charge in [-0.2, -0.15) is 4.72 Å². The van der Waals surface area contributed by atoms with Crippen LogP contribution in [0.1, 0.15) is 16.1 Å². The fraction of sp³-hybridized carbons (Fsp3) is 0.333. The number of thiophene rings is 1. The minimum atomic E-state index is -3.89. The molecule has 98 valence electrons. The molecule has 1 aliphatic heterocycles. The normalized spacial score (nSPS) is 19.8. The molecule has 2 heterocycles. The van der Waals surface area contributed by atoms with Crippen LogP contribution in [0.5, 0.6) is 0 Å². The van der Waals surface area contributed by atoms with Gasteiger partial charge in [-0.25, -0.2) is 13.2 Å². The molecule has 0 bridgehead atoms. The fourth-order valence-electron chi connectivity index (χ4n) is 1.43. The first kappa shape index (κ1) is 13.0. The summed E-state index contributed by atoms with van der Waals surface area (Å²) in [4.78, 5) is 21.6. The van der Waals surface area contributed by atoms with E-state index in [1.165, 1.54) is 5.38 Å². The van der Waals surface area contributed by atoms with Crippen molar-refractivity contribution < 1.29 is 27.9 Å². The Labute approximate surface area is 106 Å². The van der Waals surface area contributed by atoms with Crippen molar-refractivity contribution in [2.45, 2.75) is 17.4 Å². The lowest BCUT2D eigenvalue weighted by Crippen LogP contribution is -2.37. The third kappa shape index (κ3) is 2.52. The third-order valence-electron chi connectivity index (χ3n) is 2.33. The number of rotatable bonds is 4. The maximum atomic E-state index is 11.9. The van der Waals surface area contributed by atoms with Gasteiger partial charge in [-0.15, -0.1) is 11.3 Å². The third-order valence-corrected chi connectivity index (χ3v) is 4.85. The maximum absolute atomic E-state index is 11.9. The van der Waals surface area contributed by atoms with E-state index in [0.717, 1.165) is 17.4 Å². The Morgan fingerprint density at radius 3 is 2.78 bits per heavy atom. The van der Waals surface area contributed by atoms with Crippen LogP contribution in [-0.4, -0.2) is 38.1 Å². The van der Waals surface area contributed by atoms with Crippen molar-refractivity contribution in [3.63, 3.8) is 0 Å². The molecule has 1 atom stereocenters. The summed E-state index contributed by atoms with van der Waals surface area (Å²) in [5.74, 6) is -1.81. The highest BCUT2D eigenvalue weighted by Gasteiger charge is 2.31. The van der Waals surface area contributed by atoms with Crippen molar-refractivity contribution in [3.8, 4) is 0 Å². The second kappa shape index (κ2) is 4.67. The second-order valence-electron chi connectivity index (χ2n) is 3.58. The first-order chi connectivity index (χ1) is 8.40. The Bertz CT molecular complexity index is 590. The van der Waals surface area contributed by atoms with Crippen LogP contribution in [0.25, 0.3) is 0 Å². The topological polar surface area (TPSA) is 110 Å². The molecule has 1 aromatic heterocycles. The van der Waals surface area contributed by atoms with E-state index in [9.17, 15) is 18.0 Å². The van der Waals surface area contributed by atoms with Gasteiger partial charge in [-0.3, -0.25) is 4.79 Å². The largest absolute Gasteiger partial charge is 0.477 e. The molecule has 1 aliphatic rings. The summed E-state index contributed by atoms with van der Waals surface area (Å²) in [6.07, 6.45) is 0.272. The Kier molecular flexibility index (Phi) is 3.37. The number of esters is 1. The predicted octanol–water partition coefficient (Wildman–Crippen LogP) is 0.0401. The van der Waals surface area contributed by atoms with Crippen molar-refractivity contribution in [3.05, 3.63) is 16.3 Å². The number of sulfonamides is 1. The molecule has 1 aromatic rings. The first-order valence-electron chi connectivity index (χ1n) is 4.91. The molecule has 1 fully saturated rings. The van der Waals surface area contributed by atoms with Gasteiger partial charge in [-0.1, -0.05) is 0 Å². The van der Waals surface area contributed by atoms with Gasteiger partial charge in [0, 0.05) is 11.8 Å². The highest BCUT2D eigenvalue weighted by atomic mass is 32.2. The minimum absolute atomic E-state index is 0.0793. The van der Waals surface area contributed by atoms with Gasteiger partial charge >= 0.3 is 11.9 Å². The molecular weight excluding hydrogens is 282 g/mol. The molecule has 18 heavy (non-hydrogen) atoms. The van der Waals surface area contributed by atoms with Gasteiger partial charge in [0.1, 0.15) is 10.9 Å². The lowest BCUT2D eigenvalue weighted by molar-refractivity contribution is -0.139. The van der Waals surface area contributed by atoms with Gasteiger partial charge in [0.2, 0.25) is 10.0 Å². The van der Waals surface area contributed by atoms with Crippen molar-refractivity contribution in [2.75, 3.05) is 6.61 Å². The summed E-state index contributed by atoms with van der Waals surface area (Å²) in [7, 11) is -3.89. The minimum Gasteiger partial charge on any atom is -0.477 e. The van der Waals surface area contributed by atoms with Gasteiger partial charge in [0.15, 0.2) is 0 Å². The molecule has 0 amide bonds. The molecule has 0 aliphatic carbocycles. The Balaban J connectivity index is 2.19. The lowest BCUT2D eigenvalue weighted by Gasteiger charge is -2.07. The SMILES string of the molecule is O=C(O)c1cc(S(=O)(=O)NC2CCOC2=O)cs1. The Morgan fingerprint density at radius 2 is 2.28 bits per heavy atom. The summed E-state index contributed by atoms with van der Waals surface area (Å²) in [5.41, 5.74) is 0. The van der Waals surface area contributed by atoms with Crippen LogP contribution in [0.15, 0.2) is 16.3 Å². The van der Waals surface area contributed by atoms with Crippen LogP contribution in [0.2, 0.25) is 0 Å². The predicted molar refractivity (Wildman–Crippen MR) is 61.0 cm³/mol. The van der Waals surface area contributed by atoms with Gasteiger partial charge in [0.05, 0.1) is 11.5 Å². The maximum Gasteiger partial charge on any atom is 0.345 e. The summed E-state index contributed by atoms with van der Waals surface area (Å²) in [5, 5.41) is 9.93. The molecule has 1 saturated heterocycles. The van der Waals surface area contributed by atoms with Crippen molar-refractivity contribution >= 4 is 33.3 Å². The van der Waals surface area contributed by atoms with E-state index in [0.29, 0.717) is 0 Å². The lowest BCUT2D eigenvalue weighted by atomic mass is 10.3. The summed E-state index contributed by atoms with van der Waals surface area (Å²) in [6.45, 7) is 0.177. The number of carbonyl (C=O) groups excluding carboxylic acids is 1. The van der Waals surface area contributed by atoms with Crippen molar-refractivity contribution in [2.24, 2.45) is 0 Å². The van der Waals surface area contributed by atoms with E-state index in [1.807, 2.05) is 0 Å². The molecule has 0 spiro atoms. The molecule has 7 nitrogen and oxygen atoms in total. The molecule has 9 heteroatoms. The van der Waals surface area contributed by atoms with Crippen LogP contribution in [0.3, 0.4) is 0 Å². The molecule has 0 saturated carbocycles. The molecule has 0 aromatic carbocycles.